The molecular formula is C19H17N3O. The number of benzene rings is 2. The summed E-state index contributed by atoms with van der Waals surface area (Å²) in [5.74, 6) is -0.491. The Hall–Kier alpha value is -2.88. The van der Waals surface area contributed by atoms with Crippen molar-refractivity contribution < 1.29 is 4.79 Å². The number of primary amides is 1. The van der Waals surface area contributed by atoms with Crippen molar-refractivity contribution in [2.75, 3.05) is 11.4 Å². The molecule has 0 unspecified atom stereocenters. The van der Waals surface area contributed by atoms with Crippen LogP contribution in [0.1, 0.15) is 21.6 Å². The lowest BCUT2D eigenvalue weighted by molar-refractivity contribution is 0.0996. The second kappa shape index (κ2) is 5.39. The average molecular weight is 303 g/mol. The molecule has 0 aliphatic carbocycles. The molecule has 1 aliphatic heterocycles. The highest BCUT2D eigenvalue weighted by atomic mass is 16.1. The van der Waals surface area contributed by atoms with Crippen LogP contribution in [-0.4, -0.2) is 17.4 Å². The maximum Gasteiger partial charge on any atom is 0.267 e. The van der Waals surface area contributed by atoms with Crippen LogP contribution in [0.5, 0.6) is 0 Å². The number of amides is 1. The number of rotatable bonds is 2. The number of nitrogens with two attached hydrogens (primary N) is 1. The minimum absolute atomic E-state index is 0.317. The maximum absolute atomic E-state index is 11.6. The Balaban J connectivity index is 1.84. The molecular weight excluding hydrogens is 286 g/mol. The molecule has 0 fully saturated rings. The first kappa shape index (κ1) is 13.8. The molecule has 3 aromatic rings. The number of nitrogens with zero attached hydrogens (tertiary/aromatic N) is 2. The Labute approximate surface area is 134 Å². The molecule has 1 aliphatic rings. The Morgan fingerprint density at radius 2 is 1.78 bits per heavy atom. The molecule has 2 heterocycles. The molecule has 0 spiro atoms. The molecule has 2 N–H and O–H groups in total. The molecule has 4 nitrogen and oxygen atoms in total. The van der Waals surface area contributed by atoms with Gasteiger partial charge in [-0.1, -0.05) is 42.5 Å². The van der Waals surface area contributed by atoms with E-state index >= 15 is 0 Å². The van der Waals surface area contributed by atoms with Crippen LogP contribution in [0.2, 0.25) is 0 Å². The van der Waals surface area contributed by atoms with E-state index in [9.17, 15) is 4.79 Å². The molecule has 0 radical (unpaired) electrons. The van der Waals surface area contributed by atoms with Gasteiger partial charge in [0.25, 0.3) is 5.91 Å². The summed E-state index contributed by atoms with van der Waals surface area (Å²) >= 11 is 0. The Morgan fingerprint density at radius 1 is 1.04 bits per heavy atom. The van der Waals surface area contributed by atoms with Crippen molar-refractivity contribution in [2.24, 2.45) is 5.73 Å². The van der Waals surface area contributed by atoms with Crippen molar-refractivity contribution in [1.82, 2.24) is 4.98 Å². The maximum atomic E-state index is 11.6. The zero-order valence-electron chi connectivity index (χ0n) is 12.7. The molecule has 114 valence electrons. The highest BCUT2D eigenvalue weighted by Crippen LogP contribution is 2.30. The minimum Gasteiger partial charge on any atom is -0.366 e. The van der Waals surface area contributed by atoms with Gasteiger partial charge in [0.2, 0.25) is 0 Å². The van der Waals surface area contributed by atoms with Crippen LogP contribution in [0.3, 0.4) is 0 Å². The standard InChI is InChI=1S/C19H17N3O/c20-19(23)17-11-18(15-7-3-4-8-16(15)21-17)22-10-9-13-5-1-2-6-14(13)12-22/h1-8,11H,9-10,12H2,(H2,20,23). The fourth-order valence-corrected chi connectivity index (χ4v) is 3.25. The molecule has 0 atom stereocenters. The number of carbonyl (C=O) groups is 1. The van der Waals surface area contributed by atoms with Gasteiger partial charge in [0, 0.05) is 24.2 Å². The zero-order valence-corrected chi connectivity index (χ0v) is 12.7. The second-order valence-electron chi connectivity index (χ2n) is 5.85. The molecule has 1 amide bonds. The highest BCUT2D eigenvalue weighted by Gasteiger charge is 2.19. The van der Waals surface area contributed by atoms with Crippen LogP contribution in [0, 0.1) is 0 Å². The topological polar surface area (TPSA) is 59.2 Å². The number of para-hydroxylation sites is 1. The van der Waals surface area contributed by atoms with Crippen LogP contribution < -0.4 is 10.6 Å². The summed E-state index contributed by atoms with van der Waals surface area (Å²) in [6.07, 6.45) is 0.999. The first-order chi connectivity index (χ1) is 11.2. The van der Waals surface area contributed by atoms with E-state index in [0.29, 0.717) is 5.69 Å². The van der Waals surface area contributed by atoms with Crippen molar-refractivity contribution in [1.29, 1.82) is 0 Å². The van der Waals surface area contributed by atoms with E-state index in [0.717, 1.165) is 36.1 Å². The number of hydrogen-bond donors (Lipinski definition) is 1. The van der Waals surface area contributed by atoms with Crippen LogP contribution in [0.15, 0.2) is 54.6 Å². The predicted octanol–water partition coefficient (Wildman–Crippen LogP) is 2.90. The van der Waals surface area contributed by atoms with Crippen LogP contribution >= 0.6 is 0 Å². The van der Waals surface area contributed by atoms with E-state index < -0.39 is 5.91 Å². The average Bonchev–Trinajstić information content (AvgIpc) is 2.60. The van der Waals surface area contributed by atoms with Gasteiger partial charge in [-0.2, -0.15) is 0 Å². The Morgan fingerprint density at radius 3 is 2.61 bits per heavy atom. The SMILES string of the molecule is NC(=O)c1cc(N2CCc3ccccc3C2)c2ccccc2n1. The van der Waals surface area contributed by atoms with Crippen molar-refractivity contribution in [3.05, 3.63) is 71.4 Å². The Kier molecular flexibility index (Phi) is 3.23. The summed E-state index contributed by atoms with van der Waals surface area (Å²) in [5.41, 5.74) is 10.3. The lowest BCUT2D eigenvalue weighted by Gasteiger charge is -2.31. The fraction of sp³-hybridized carbons (Fsp3) is 0.158. The summed E-state index contributed by atoms with van der Waals surface area (Å²) in [6, 6.07) is 18.2. The number of fused-ring (bicyclic) bond motifs is 2. The van der Waals surface area contributed by atoms with Crippen molar-refractivity contribution >= 4 is 22.5 Å². The van der Waals surface area contributed by atoms with Crippen LogP contribution in [0.4, 0.5) is 5.69 Å². The van der Waals surface area contributed by atoms with Crippen molar-refractivity contribution in [2.45, 2.75) is 13.0 Å². The van der Waals surface area contributed by atoms with E-state index in [-0.39, 0.29) is 0 Å². The van der Waals surface area contributed by atoms with Gasteiger partial charge in [0.15, 0.2) is 0 Å². The summed E-state index contributed by atoms with van der Waals surface area (Å²) in [4.78, 5) is 18.3. The monoisotopic (exact) mass is 303 g/mol. The van der Waals surface area contributed by atoms with Crippen LogP contribution in [-0.2, 0) is 13.0 Å². The van der Waals surface area contributed by atoms with E-state index in [2.05, 4.69) is 34.1 Å². The van der Waals surface area contributed by atoms with Gasteiger partial charge < -0.3 is 10.6 Å². The van der Waals surface area contributed by atoms with Gasteiger partial charge >= 0.3 is 0 Å². The number of pyridine rings is 1. The smallest absolute Gasteiger partial charge is 0.267 e. The van der Waals surface area contributed by atoms with Gasteiger partial charge in [0.1, 0.15) is 5.69 Å². The number of anilines is 1. The van der Waals surface area contributed by atoms with E-state index in [1.165, 1.54) is 11.1 Å². The molecule has 1 aromatic heterocycles. The first-order valence-electron chi connectivity index (χ1n) is 7.74. The third-order valence-electron chi connectivity index (χ3n) is 4.42. The van der Waals surface area contributed by atoms with Crippen molar-refractivity contribution in [3.63, 3.8) is 0 Å². The van der Waals surface area contributed by atoms with E-state index in [1.807, 2.05) is 30.3 Å². The van der Waals surface area contributed by atoms with E-state index in [1.54, 1.807) is 0 Å². The first-order valence-corrected chi connectivity index (χ1v) is 7.74. The molecule has 0 saturated carbocycles. The molecule has 2 aromatic carbocycles. The van der Waals surface area contributed by atoms with Gasteiger partial charge in [-0.25, -0.2) is 4.98 Å². The van der Waals surface area contributed by atoms with Gasteiger partial charge in [0.05, 0.1) is 5.52 Å². The summed E-state index contributed by atoms with van der Waals surface area (Å²) < 4.78 is 0. The van der Waals surface area contributed by atoms with Gasteiger partial charge in [-0.05, 0) is 29.7 Å². The summed E-state index contributed by atoms with van der Waals surface area (Å²) in [6.45, 7) is 1.76. The third kappa shape index (κ3) is 2.42. The Bertz CT molecular complexity index is 904. The van der Waals surface area contributed by atoms with Crippen molar-refractivity contribution in [3.8, 4) is 0 Å². The minimum atomic E-state index is -0.491. The molecule has 0 bridgehead atoms. The molecule has 4 heteroatoms. The lowest BCUT2D eigenvalue weighted by Crippen LogP contribution is -2.31. The second-order valence-corrected chi connectivity index (χ2v) is 5.85. The fourth-order valence-electron chi connectivity index (χ4n) is 3.25. The summed E-state index contributed by atoms with van der Waals surface area (Å²) in [5, 5.41) is 1.05. The third-order valence-corrected chi connectivity index (χ3v) is 4.42. The largest absolute Gasteiger partial charge is 0.366 e. The van der Waals surface area contributed by atoms with Gasteiger partial charge in [-0.3, -0.25) is 4.79 Å². The number of hydrogen-bond acceptors (Lipinski definition) is 3. The zero-order chi connectivity index (χ0) is 15.8. The van der Waals surface area contributed by atoms with E-state index in [4.69, 9.17) is 5.73 Å². The number of aromatic nitrogens is 1. The van der Waals surface area contributed by atoms with Crippen LogP contribution in [0.25, 0.3) is 10.9 Å². The highest BCUT2D eigenvalue weighted by molar-refractivity contribution is 5.99. The quantitative estimate of drug-likeness (QED) is 0.792. The normalized spacial score (nSPS) is 13.8. The molecule has 4 rings (SSSR count). The number of carbonyl (C=O) groups excluding carboxylic acids is 1. The molecule has 0 saturated heterocycles. The lowest BCUT2D eigenvalue weighted by atomic mass is 9.99. The van der Waals surface area contributed by atoms with Gasteiger partial charge in [-0.15, -0.1) is 0 Å². The molecule has 23 heavy (non-hydrogen) atoms. The predicted molar refractivity (Wildman–Crippen MR) is 91.5 cm³/mol. The summed E-state index contributed by atoms with van der Waals surface area (Å²) in [7, 11) is 0.